The lowest BCUT2D eigenvalue weighted by Crippen LogP contribution is -2.28. The Hall–Kier alpha value is -1.32. The third-order valence-electron chi connectivity index (χ3n) is 4.44. The van der Waals surface area contributed by atoms with Crippen molar-refractivity contribution in [3.8, 4) is 5.75 Å². The molecule has 0 unspecified atom stereocenters. The zero-order valence-corrected chi connectivity index (χ0v) is 15.0. The second kappa shape index (κ2) is 7.98. The standard InChI is InChI=1S/C20H27NOS/c1-16(2)22-19-11-6-5-9-17(19)15-21-13-7-3-4-10-18(21)20-12-8-14-23-20/h5-6,8-9,11-12,14,16,18H,3-4,7,10,13,15H2,1-2H3/t18-/m1/s1. The molecule has 1 aliphatic heterocycles. The van der Waals surface area contributed by atoms with Gasteiger partial charge in [-0.05, 0) is 50.7 Å². The number of benzene rings is 1. The molecule has 1 aromatic carbocycles. The fraction of sp³-hybridized carbons (Fsp3) is 0.500. The highest BCUT2D eigenvalue weighted by Gasteiger charge is 2.24. The van der Waals surface area contributed by atoms with Crippen molar-refractivity contribution in [1.29, 1.82) is 0 Å². The summed E-state index contributed by atoms with van der Waals surface area (Å²) in [6, 6.07) is 13.6. The highest BCUT2D eigenvalue weighted by molar-refractivity contribution is 7.10. The number of hydrogen-bond acceptors (Lipinski definition) is 3. The maximum Gasteiger partial charge on any atom is 0.124 e. The molecule has 1 fully saturated rings. The second-order valence-corrected chi connectivity index (χ2v) is 7.60. The van der Waals surface area contributed by atoms with Crippen molar-refractivity contribution in [2.24, 2.45) is 0 Å². The molecular weight excluding hydrogens is 302 g/mol. The Kier molecular flexibility index (Phi) is 5.74. The number of thiophene rings is 1. The molecular formula is C20H27NOS. The summed E-state index contributed by atoms with van der Waals surface area (Å²) in [6.45, 7) is 6.35. The molecule has 2 nitrogen and oxygen atoms in total. The average molecular weight is 330 g/mol. The van der Waals surface area contributed by atoms with Crippen molar-refractivity contribution in [2.75, 3.05) is 6.54 Å². The smallest absolute Gasteiger partial charge is 0.124 e. The molecule has 0 radical (unpaired) electrons. The van der Waals surface area contributed by atoms with Crippen LogP contribution in [0.25, 0.3) is 0 Å². The normalized spacial score (nSPS) is 19.7. The first-order valence-corrected chi connectivity index (χ1v) is 9.64. The number of rotatable bonds is 5. The molecule has 0 amide bonds. The van der Waals surface area contributed by atoms with E-state index in [0.717, 1.165) is 12.3 Å². The van der Waals surface area contributed by atoms with Gasteiger partial charge in [0.15, 0.2) is 0 Å². The van der Waals surface area contributed by atoms with Gasteiger partial charge in [0.05, 0.1) is 6.10 Å². The van der Waals surface area contributed by atoms with Gasteiger partial charge in [-0.15, -0.1) is 11.3 Å². The number of hydrogen-bond donors (Lipinski definition) is 0. The Morgan fingerprint density at radius 1 is 1.13 bits per heavy atom. The Labute approximate surface area is 144 Å². The molecule has 1 aliphatic rings. The Balaban J connectivity index is 1.81. The number of ether oxygens (including phenoxy) is 1. The van der Waals surface area contributed by atoms with Crippen LogP contribution in [0.2, 0.25) is 0 Å². The molecule has 0 N–H and O–H groups in total. The summed E-state index contributed by atoms with van der Waals surface area (Å²) in [4.78, 5) is 4.16. The molecule has 0 spiro atoms. The Morgan fingerprint density at radius 2 is 2.00 bits per heavy atom. The molecule has 3 heteroatoms. The van der Waals surface area contributed by atoms with E-state index >= 15 is 0 Å². The van der Waals surface area contributed by atoms with Gasteiger partial charge in [0.2, 0.25) is 0 Å². The van der Waals surface area contributed by atoms with Crippen LogP contribution in [0.15, 0.2) is 41.8 Å². The predicted octanol–water partition coefficient (Wildman–Crippen LogP) is 5.65. The summed E-state index contributed by atoms with van der Waals surface area (Å²) < 4.78 is 6.02. The molecule has 0 bridgehead atoms. The van der Waals surface area contributed by atoms with Gasteiger partial charge in [0.25, 0.3) is 0 Å². The molecule has 1 saturated heterocycles. The molecule has 1 aromatic heterocycles. The first kappa shape index (κ1) is 16.5. The summed E-state index contributed by atoms with van der Waals surface area (Å²) in [7, 11) is 0. The van der Waals surface area contributed by atoms with Crippen molar-refractivity contribution in [2.45, 2.75) is 58.2 Å². The second-order valence-electron chi connectivity index (χ2n) is 6.63. The minimum Gasteiger partial charge on any atom is -0.491 e. The highest BCUT2D eigenvalue weighted by atomic mass is 32.1. The van der Waals surface area contributed by atoms with Crippen LogP contribution < -0.4 is 4.74 Å². The largest absolute Gasteiger partial charge is 0.491 e. The van der Waals surface area contributed by atoms with Gasteiger partial charge in [-0.2, -0.15) is 0 Å². The summed E-state index contributed by atoms with van der Waals surface area (Å²) in [5, 5.41) is 2.20. The summed E-state index contributed by atoms with van der Waals surface area (Å²) in [5.74, 6) is 1.04. The Bertz CT molecular complexity index is 593. The number of likely N-dealkylation sites (tertiary alicyclic amines) is 1. The van der Waals surface area contributed by atoms with Gasteiger partial charge in [-0.1, -0.05) is 37.1 Å². The zero-order chi connectivity index (χ0) is 16.1. The van der Waals surface area contributed by atoms with Crippen LogP contribution in [0.5, 0.6) is 5.75 Å². The van der Waals surface area contributed by atoms with E-state index in [9.17, 15) is 0 Å². The minimum absolute atomic E-state index is 0.216. The minimum atomic E-state index is 0.216. The maximum atomic E-state index is 6.02. The van der Waals surface area contributed by atoms with Crippen LogP contribution >= 0.6 is 11.3 Å². The monoisotopic (exact) mass is 329 g/mol. The number of nitrogens with zero attached hydrogens (tertiary/aromatic N) is 1. The van der Waals surface area contributed by atoms with Crippen molar-refractivity contribution < 1.29 is 4.74 Å². The molecule has 3 rings (SSSR count). The fourth-order valence-corrected chi connectivity index (χ4v) is 4.28. The lowest BCUT2D eigenvalue weighted by Gasteiger charge is -2.30. The number of para-hydroxylation sites is 1. The fourth-order valence-electron chi connectivity index (χ4n) is 3.38. The quantitative estimate of drug-likeness (QED) is 0.702. The van der Waals surface area contributed by atoms with Gasteiger partial charge in [0.1, 0.15) is 5.75 Å². The van der Waals surface area contributed by atoms with E-state index in [0.29, 0.717) is 6.04 Å². The van der Waals surface area contributed by atoms with E-state index in [1.807, 2.05) is 11.3 Å². The summed E-state index contributed by atoms with van der Waals surface area (Å²) >= 11 is 1.89. The topological polar surface area (TPSA) is 12.5 Å². The van der Waals surface area contributed by atoms with Crippen LogP contribution in [-0.4, -0.2) is 17.5 Å². The molecule has 0 saturated carbocycles. The van der Waals surface area contributed by atoms with Gasteiger partial charge in [-0.25, -0.2) is 0 Å². The molecule has 0 aliphatic carbocycles. The van der Waals surface area contributed by atoms with Crippen molar-refractivity contribution in [3.05, 3.63) is 52.2 Å². The van der Waals surface area contributed by atoms with Crippen LogP contribution in [0.3, 0.4) is 0 Å². The van der Waals surface area contributed by atoms with Gasteiger partial charge in [0, 0.05) is 23.0 Å². The SMILES string of the molecule is CC(C)Oc1ccccc1CN1CCCCC[C@@H]1c1cccs1. The van der Waals surface area contributed by atoms with Crippen LogP contribution in [0.4, 0.5) is 0 Å². The van der Waals surface area contributed by atoms with E-state index in [1.54, 1.807) is 0 Å². The van der Waals surface area contributed by atoms with Crippen molar-refractivity contribution >= 4 is 11.3 Å². The predicted molar refractivity (Wildman–Crippen MR) is 98.1 cm³/mol. The van der Waals surface area contributed by atoms with Crippen LogP contribution in [0, 0.1) is 0 Å². The maximum absolute atomic E-state index is 6.02. The molecule has 23 heavy (non-hydrogen) atoms. The molecule has 2 heterocycles. The molecule has 2 aromatic rings. The zero-order valence-electron chi connectivity index (χ0n) is 14.2. The van der Waals surface area contributed by atoms with Crippen molar-refractivity contribution in [3.63, 3.8) is 0 Å². The van der Waals surface area contributed by atoms with Gasteiger partial charge >= 0.3 is 0 Å². The lowest BCUT2D eigenvalue weighted by atomic mass is 10.1. The van der Waals surface area contributed by atoms with E-state index in [2.05, 4.69) is 60.5 Å². The first-order chi connectivity index (χ1) is 11.2. The first-order valence-electron chi connectivity index (χ1n) is 8.76. The van der Waals surface area contributed by atoms with Crippen molar-refractivity contribution in [1.82, 2.24) is 4.90 Å². The average Bonchev–Trinajstić information content (AvgIpc) is 2.96. The van der Waals surface area contributed by atoms with E-state index in [4.69, 9.17) is 4.74 Å². The van der Waals surface area contributed by atoms with Crippen LogP contribution in [0.1, 0.15) is 56.0 Å². The van der Waals surface area contributed by atoms with E-state index in [-0.39, 0.29) is 6.10 Å². The van der Waals surface area contributed by atoms with E-state index in [1.165, 1.54) is 42.7 Å². The van der Waals surface area contributed by atoms with Gasteiger partial charge < -0.3 is 4.74 Å². The molecule has 1 atom stereocenters. The molecule has 124 valence electrons. The lowest BCUT2D eigenvalue weighted by molar-refractivity contribution is 0.186. The summed E-state index contributed by atoms with van der Waals surface area (Å²) in [5.41, 5.74) is 1.31. The van der Waals surface area contributed by atoms with E-state index < -0.39 is 0 Å². The summed E-state index contributed by atoms with van der Waals surface area (Å²) in [6.07, 6.45) is 5.47. The van der Waals surface area contributed by atoms with Gasteiger partial charge in [-0.3, -0.25) is 4.90 Å². The Morgan fingerprint density at radius 3 is 2.78 bits per heavy atom. The van der Waals surface area contributed by atoms with Crippen LogP contribution in [-0.2, 0) is 6.54 Å². The third kappa shape index (κ3) is 4.36. The highest BCUT2D eigenvalue weighted by Crippen LogP contribution is 2.35. The third-order valence-corrected chi connectivity index (χ3v) is 5.42.